The van der Waals surface area contributed by atoms with Gasteiger partial charge in [-0.3, -0.25) is 4.79 Å². The molecule has 0 bridgehead atoms. The molecular weight excluding hydrogens is 334 g/mol. The van der Waals surface area contributed by atoms with Crippen molar-refractivity contribution in [3.05, 3.63) is 53.6 Å². The lowest BCUT2D eigenvalue weighted by molar-refractivity contribution is -0.134. The number of carbonyl (C=O) groups is 1. The summed E-state index contributed by atoms with van der Waals surface area (Å²) in [6.07, 6.45) is -0.641. The van der Waals surface area contributed by atoms with Gasteiger partial charge in [-0.2, -0.15) is 0 Å². The molecule has 2 aromatic rings. The smallest absolute Gasteiger partial charge is 0.256 e. The number of methoxy groups -OCH3 is 2. The van der Waals surface area contributed by atoms with Crippen molar-refractivity contribution < 1.29 is 24.1 Å². The normalized spacial score (nSPS) is 18.8. The number of carbonyl (C=O) groups excluding carboxylic acids is 1. The molecule has 1 N–H and O–H groups in total. The predicted octanol–water partition coefficient (Wildman–Crippen LogP) is 3.25. The van der Waals surface area contributed by atoms with Gasteiger partial charge < -0.3 is 24.2 Å². The Morgan fingerprint density at radius 2 is 1.65 bits per heavy atom. The zero-order valence-electron chi connectivity index (χ0n) is 15.4. The molecule has 1 fully saturated rings. The highest BCUT2D eigenvalue weighted by Crippen LogP contribution is 2.45. The molecule has 0 saturated carbocycles. The van der Waals surface area contributed by atoms with E-state index in [9.17, 15) is 9.90 Å². The Balaban J connectivity index is 2.04. The Morgan fingerprint density at radius 1 is 1.08 bits per heavy atom. The van der Waals surface area contributed by atoms with Gasteiger partial charge >= 0.3 is 0 Å². The molecule has 0 spiro atoms. The highest BCUT2D eigenvalue weighted by Gasteiger charge is 2.48. The Kier molecular flexibility index (Phi) is 4.78. The van der Waals surface area contributed by atoms with Crippen molar-refractivity contribution >= 4 is 5.91 Å². The summed E-state index contributed by atoms with van der Waals surface area (Å²) in [6, 6.07) is 12.2. The van der Waals surface area contributed by atoms with Gasteiger partial charge in [0.2, 0.25) is 0 Å². The molecule has 3 rings (SSSR count). The first-order chi connectivity index (χ1) is 12.4. The second-order valence-electron chi connectivity index (χ2n) is 6.66. The lowest BCUT2D eigenvalue weighted by Gasteiger charge is -2.26. The molecule has 1 aliphatic rings. The van der Waals surface area contributed by atoms with Crippen molar-refractivity contribution in [3.63, 3.8) is 0 Å². The van der Waals surface area contributed by atoms with E-state index in [4.69, 9.17) is 14.2 Å². The Morgan fingerprint density at radius 3 is 2.19 bits per heavy atom. The first kappa shape index (κ1) is 18.1. The van der Waals surface area contributed by atoms with E-state index in [1.807, 2.05) is 18.2 Å². The van der Waals surface area contributed by atoms with Crippen LogP contribution in [0, 0.1) is 0 Å². The van der Waals surface area contributed by atoms with Crippen LogP contribution in [0.3, 0.4) is 0 Å². The molecule has 1 atom stereocenters. The zero-order chi connectivity index (χ0) is 18.9. The Labute approximate surface area is 152 Å². The number of amides is 1. The summed E-state index contributed by atoms with van der Waals surface area (Å²) in [7, 11) is 3.15. The van der Waals surface area contributed by atoms with Crippen LogP contribution < -0.4 is 9.47 Å². The van der Waals surface area contributed by atoms with E-state index >= 15 is 0 Å². The fourth-order valence-corrected chi connectivity index (χ4v) is 3.14. The molecule has 0 aliphatic carbocycles. The van der Waals surface area contributed by atoms with Gasteiger partial charge in [0.15, 0.2) is 6.23 Å². The molecule has 6 nitrogen and oxygen atoms in total. The summed E-state index contributed by atoms with van der Waals surface area (Å²) in [4.78, 5) is 14.6. The van der Waals surface area contributed by atoms with E-state index in [1.165, 1.54) is 0 Å². The van der Waals surface area contributed by atoms with Crippen LogP contribution in [0.25, 0.3) is 0 Å². The van der Waals surface area contributed by atoms with Crippen molar-refractivity contribution in [2.75, 3.05) is 14.2 Å². The van der Waals surface area contributed by atoms with Crippen LogP contribution in [0.1, 0.15) is 31.2 Å². The number of benzene rings is 2. The summed E-state index contributed by atoms with van der Waals surface area (Å²) in [5, 5.41) is 9.48. The van der Waals surface area contributed by atoms with Crippen LogP contribution in [-0.2, 0) is 16.1 Å². The van der Waals surface area contributed by atoms with Crippen molar-refractivity contribution in [1.82, 2.24) is 4.90 Å². The first-order valence-electron chi connectivity index (χ1n) is 8.35. The molecule has 26 heavy (non-hydrogen) atoms. The lowest BCUT2D eigenvalue weighted by atomic mass is 10.1. The predicted molar refractivity (Wildman–Crippen MR) is 96.1 cm³/mol. The van der Waals surface area contributed by atoms with E-state index in [2.05, 4.69) is 0 Å². The number of hydrogen-bond acceptors (Lipinski definition) is 5. The van der Waals surface area contributed by atoms with Crippen molar-refractivity contribution in [3.8, 4) is 17.2 Å². The van der Waals surface area contributed by atoms with Crippen LogP contribution in [0.4, 0.5) is 0 Å². The van der Waals surface area contributed by atoms with Crippen molar-refractivity contribution in [2.24, 2.45) is 0 Å². The molecule has 1 saturated heterocycles. The molecule has 6 heteroatoms. The quantitative estimate of drug-likeness (QED) is 0.890. The molecular formula is C20H23NO5. The fraction of sp³-hybridized carbons (Fsp3) is 0.350. The van der Waals surface area contributed by atoms with Gasteiger partial charge in [-0.15, -0.1) is 0 Å². The number of phenolic OH excluding ortho intramolecular Hbond substituents is 1. The van der Waals surface area contributed by atoms with E-state index in [0.717, 1.165) is 5.56 Å². The molecule has 1 aliphatic heterocycles. The van der Waals surface area contributed by atoms with E-state index < -0.39 is 11.8 Å². The first-order valence-corrected chi connectivity index (χ1v) is 8.35. The average molecular weight is 357 g/mol. The summed E-state index contributed by atoms with van der Waals surface area (Å²) >= 11 is 0. The van der Waals surface area contributed by atoms with Crippen LogP contribution in [-0.4, -0.2) is 35.7 Å². The molecule has 0 radical (unpaired) electrons. The molecule has 1 unspecified atom stereocenters. The van der Waals surface area contributed by atoms with Crippen LogP contribution in [0.2, 0.25) is 0 Å². The second kappa shape index (κ2) is 6.88. The fourth-order valence-electron chi connectivity index (χ4n) is 3.14. The van der Waals surface area contributed by atoms with Gasteiger partial charge in [0, 0.05) is 6.54 Å². The standard InChI is InChI=1S/C20H23NO5/c1-20(2)19(23)21(12-13-8-10-14(22)11-9-13)18(26-20)17-15(24-3)6-5-7-16(17)25-4/h5-11,18,22H,12H2,1-4H3. The van der Waals surface area contributed by atoms with Crippen molar-refractivity contribution in [2.45, 2.75) is 32.2 Å². The topological polar surface area (TPSA) is 68.2 Å². The van der Waals surface area contributed by atoms with Gasteiger partial charge in [-0.1, -0.05) is 18.2 Å². The summed E-state index contributed by atoms with van der Waals surface area (Å²) < 4.78 is 17.1. The van der Waals surface area contributed by atoms with Gasteiger partial charge in [0.05, 0.1) is 19.8 Å². The third kappa shape index (κ3) is 3.20. The maximum Gasteiger partial charge on any atom is 0.256 e. The second-order valence-corrected chi connectivity index (χ2v) is 6.66. The number of hydrogen-bond donors (Lipinski definition) is 1. The third-order valence-corrected chi connectivity index (χ3v) is 4.47. The number of nitrogens with zero attached hydrogens (tertiary/aromatic N) is 1. The van der Waals surface area contributed by atoms with Gasteiger partial charge in [0.25, 0.3) is 5.91 Å². The largest absolute Gasteiger partial charge is 0.508 e. The lowest BCUT2D eigenvalue weighted by Crippen LogP contribution is -2.35. The van der Waals surface area contributed by atoms with Crippen LogP contribution in [0.15, 0.2) is 42.5 Å². The van der Waals surface area contributed by atoms with Gasteiger partial charge in [-0.25, -0.2) is 0 Å². The highest BCUT2D eigenvalue weighted by atomic mass is 16.6. The van der Waals surface area contributed by atoms with E-state index in [-0.39, 0.29) is 11.7 Å². The highest BCUT2D eigenvalue weighted by molar-refractivity contribution is 5.86. The summed E-state index contributed by atoms with van der Waals surface area (Å²) in [6.45, 7) is 3.84. The minimum absolute atomic E-state index is 0.122. The zero-order valence-corrected chi connectivity index (χ0v) is 15.4. The molecule has 0 aromatic heterocycles. The number of rotatable bonds is 5. The third-order valence-electron chi connectivity index (χ3n) is 4.47. The van der Waals surface area contributed by atoms with Gasteiger partial charge in [-0.05, 0) is 43.7 Å². The number of phenols is 1. The summed E-state index contributed by atoms with van der Waals surface area (Å²) in [5.41, 5.74) is 0.597. The summed E-state index contributed by atoms with van der Waals surface area (Å²) in [5.74, 6) is 1.25. The SMILES string of the molecule is COc1cccc(OC)c1C1OC(C)(C)C(=O)N1Cc1ccc(O)cc1. The van der Waals surface area contributed by atoms with E-state index in [1.54, 1.807) is 57.2 Å². The minimum atomic E-state index is -0.965. The Bertz CT molecular complexity index is 778. The van der Waals surface area contributed by atoms with Crippen LogP contribution >= 0.6 is 0 Å². The number of ether oxygens (including phenoxy) is 3. The van der Waals surface area contributed by atoms with Crippen molar-refractivity contribution in [1.29, 1.82) is 0 Å². The average Bonchev–Trinajstić information content (AvgIpc) is 2.86. The molecule has 1 heterocycles. The molecule has 2 aromatic carbocycles. The maximum atomic E-state index is 13.0. The molecule has 1 amide bonds. The molecule has 138 valence electrons. The monoisotopic (exact) mass is 357 g/mol. The van der Waals surface area contributed by atoms with Gasteiger partial charge in [0.1, 0.15) is 22.8 Å². The Hall–Kier alpha value is -2.73. The van der Waals surface area contributed by atoms with E-state index in [0.29, 0.717) is 23.6 Å². The number of aromatic hydroxyl groups is 1. The minimum Gasteiger partial charge on any atom is -0.508 e. The van der Waals surface area contributed by atoms with Crippen LogP contribution in [0.5, 0.6) is 17.2 Å². The maximum absolute atomic E-state index is 13.0.